The van der Waals surface area contributed by atoms with Gasteiger partial charge in [0.1, 0.15) is 11.3 Å². The van der Waals surface area contributed by atoms with E-state index in [1.807, 2.05) is 6.92 Å². The Hall–Kier alpha value is -3.29. The number of ether oxygens (including phenoxy) is 1. The molecule has 0 aliphatic carbocycles. The first kappa shape index (κ1) is 13.7. The van der Waals surface area contributed by atoms with Crippen LogP contribution in [0.4, 0.5) is 10.5 Å². The number of anilines is 1. The number of fused-ring (bicyclic) bond motifs is 1. The van der Waals surface area contributed by atoms with Crippen LogP contribution in [0.1, 0.15) is 5.56 Å². The van der Waals surface area contributed by atoms with Crippen molar-refractivity contribution in [2.24, 2.45) is 0 Å². The van der Waals surface area contributed by atoms with Gasteiger partial charge in [0, 0.05) is 24.0 Å². The van der Waals surface area contributed by atoms with Crippen LogP contribution in [-0.2, 0) is 0 Å². The van der Waals surface area contributed by atoms with Crippen molar-refractivity contribution in [2.45, 2.75) is 6.92 Å². The molecule has 2 heterocycles. The smallest absolute Gasteiger partial charge is 0.409 e. The molecule has 1 amide bonds. The number of imidazole rings is 1. The number of H-pyrrole nitrogens is 2. The second kappa shape index (κ2) is 5.24. The van der Waals surface area contributed by atoms with Gasteiger partial charge < -0.3 is 14.8 Å². The lowest BCUT2D eigenvalue weighted by Gasteiger charge is -2.11. The van der Waals surface area contributed by atoms with Crippen molar-refractivity contribution in [3.05, 3.63) is 46.5 Å². The van der Waals surface area contributed by atoms with Crippen molar-refractivity contribution >= 4 is 22.9 Å². The van der Waals surface area contributed by atoms with Crippen molar-refractivity contribution in [3.63, 3.8) is 0 Å². The summed E-state index contributed by atoms with van der Waals surface area (Å²) in [6.07, 6.45) is 0.354. The number of nitrogens with one attached hydrogen (secondary N) is 3. The van der Waals surface area contributed by atoms with Crippen LogP contribution in [0.3, 0.4) is 0 Å². The van der Waals surface area contributed by atoms with E-state index in [0.29, 0.717) is 28.4 Å². The maximum atomic E-state index is 11.4. The monoisotopic (exact) mass is 300 g/mol. The van der Waals surface area contributed by atoms with Gasteiger partial charge in [-0.2, -0.15) is 0 Å². The minimum Gasteiger partial charge on any atom is -0.465 e. The molecule has 3 rings (SSSR count). The Bertz CT molecular complexity index is 913. The van der Waals surface area contributed by atoms with E-state index in [1.54, 1.807) is 24.3 Å². The molecule has 0 radical (unpaired) electrons. The molecule has 8 nitrogen and oxygen atoms in total. The van der Waals surface area contributed by atoms with E-state index in [1.165, 1.54) is 6.20 Å². The minimum absolute atomic E-state index is 0.378. The molecule has 0 spiro atoms. The first-order valence-corrected chi connectivity index (χ1v) is 6.38. The van der Waals surface area contributed by atoms with Gasteiger partial charge in [0.25, 0.3) is 0 Å². The first-order valence-electron chi connectivity index (χ1n) is 6.38. The Morgan fingerprint density at radius 2 is 2.09 bits per heavy atom. The third-order valence-electron chi connectivity index (χ3n) is 3.04. The topological polar surface area (TPSA) is 120 Å². The third-order valence-corrected chi connectivity index (χ3v) is 3.04. The number of aromatic nitrogens is 3. The number of carbonyl (C=O) groups is 1. The summed E-state index contributed by atoms with van der Waals surface area (Å²) in [6.45, 7) is 1.83. The van der Waals surface area contributed by atoms with Gasteiger partial charge in [-0.05, 0) is 18.6 Å². The van der Waals surface area contributed by atoms with Crippen LogP contribution in [0, 0.1) is 6.92 Å². The Balaban J connectivity index is 2.01. The van der Waals surface area contributed by atoms with Crippen molar-refractivity contribution in [3.8, 4) is 11.5 Å². The van der Waals surface area contributed by atoms with Gasteiger partial charge >= 0.3 is 11.8 Å². The lowest BCUT2D eigenvalue weighted by atomic mass is 10.2. The minimum atomic E-state index is -1.16. The maximum absolute atomic E-state index is 11.4. The third kappa shape index (κ3) is 2.62. The quantitative estimate of drug-likeness (QED) is 0.592. The summed E-state index contributed by atoms with van der Waals surface area (Å²) in [7, 11) is 0. The number of aryl methyl sites for hydroxylation is 1. The van der Waals surface area contributed by atoms with Crippen LogP contribution in [-0.4, -0.2) is 26.2 Å². The van der Waals surface area contributed by atoms with Crippen LogP contribution >= 0.6 is 0 Å². The van der Waals surface area contributed by atoms with Crippen LogP contribution in [0.2, 0.25) is 0 Å². The molecule has 0 unspecified atom stereocenters. The summed E-state index contributed by atoms with van der Waals surface area (Å²) in [4.78, 5) is 31.2. The average Bonchev–Trinajstić information content (AvgIpc) is 2.83. The Morgan fingerprint density at radius 3 is 2.86 bits per heavy atom. The second-order valence-corrected chi connectivity index (χ2v) is 4.62. The standard InChI is InChI=1S/C14H12N4O4/c1-7-2-3-8(16-14(20)21)6-10(7)22-9-4-5-15-12-11(9)17-13(19)18-12/h2-6,16H,1H3,(H,20,21)(H2,15,17,18,19). The van der Waals surface area contributed by atoms with E-state index in [4.69, 9.17) is 9.84 Å². The molecule has 0 bridgehead atoms. The van der Waals surface area contributed by atoms with Gasteiger partial charge in [-0.25, -0.2) is 14.6 Å². The molecule has 0 aliphatic rings. The number of pyridine rings is 1. The fourth-order valence-corrected chi connectivity index (χ4v) is 2.03. The maximum Gasteiger partial charge on any atom is 0.409 e. The molecule has 0 fully saturated rings. The lowest BCUT2D eigenvalue weighted by Crippen LogP contribution is -2.07. The normalized spacial score (nSPS) is 10.6. The van der Waals surface area contributed by atoms with Crippen LogP contribution in [0.5, 0.6) is 11.5 Å². The Morgan fingerprint density at radius 1 is 1.27 bits per heavy atom. The van der Waals surface area contributed by atoms with Crippen molar-refractivity contribution in [1.82, 2.24) is 15.0 Å². The van der Waals surface area contributed by atoms with Gasteiger partial charge in [0.2, 0.25) is 0 Å². The summed E-state index contributed by atoms with van der Waals surface area (Å²) < 4.78 is 5.79. The summed E-state index contributed by atoms with van der Waals surface area (Å²) >= 11 is 0. The van der Waals surface area contributed by atoms with Crippen molar-refractivity contribution in [2.75, 3.05) is 5.32 Å². The molecule has 2 aromatic heterocycles. The zero-order valence-electron chi connectivity index (χ0n) is 11.5. The molecular weight excluding hydrogens is 288 g/mol. The zero-order chi connectivity index (χ0) is 15.7. The summed E-state index contributed by atoms with van der Waals surface area (Å²) in [6, 6.07) is 6.55. The molecule has 0 saturated heterocycles. The number of carboxylic acid groups (broad SMARTS) is 1. The van der Waals surface area contributed by atoms with E-state index < -0.39 is 6.09 Å². The highest BCUT2D eigenvalue weighted by molar-refractivity contribution is 5.83. The van der Waals surface area contributed by atoms with Gasteiger partial charge in [-0.3, -0.25) is 10.3 Å². The Kier molecular flexibility index (Phi) is 3.26. The molecule has 3 aromatic rings. The molecule has 4 N–H and O–H groups in total. The van der Waals surface area contributed by atoms with E-state index in [2.05, 4.69) is 20.3 Å². The fourth-order valence-electron chi connectivity index (χ4n) is 2.03. The molecule has 8 heteroatoms. The number of aromatic amines is 2. The van der Waals surface area contributed by atoms with E-state index in [9.17, 15) is 9.59 Å². The predicted octanol–water partition coefficient (Wildman–Crippen LogP) is 2.44. The zero-order valence-corrected chi connectivity index (χ0v) is 11.5. The summed E-state index contributed by atoms with van der Waals surface area (Å²) in [5.74, 6) is 0.889. The highest BCUT2D eigenvalue weighted by Crippen LogP contribution is 2.30. The molecule has 0 aliphatic heterocycles. The molecule has 0 saturated carbocycles. The van der Waals surface area contributed by atoms with E-state index >= 15 is 0 Å². The largest absolute Gasteiger partial charge is 0.465 e. The summed E-state index contributed by atoms with van der Waals surface area (Å²) in [5.41, 5.74) is 1.67. The van der Waals surface area contributed by atoms with Crippen LogP contribution in [0.15, 0.2) is 35.3 Å². The molecule has 0 atom stereocenters. The number of nitrogens with zero attached hydrogens (tertiary/aromatic N) is 1. The highest BCUT2D eigenvalue weighted by atomic mass is 16.5. The van der Waals surface area contributed by atoms with E-state index in [-0.39, 0.29) is 5.69 Å². The summed E-state index contributed by atoms with van der Waals surface area (Å²) in [5, 5.41) is 11.0. The van der Waals surface area contributed by atoms with E-state index in [0.717, 1.165) is 5.56 Å². The van der Waals surface area contributed by atoms with Crippen molar-refractivity contribution in [1.29, 1.82) is 0 Å². The molecule has 112 valence electrons. The van der Waals surface area contributed by atoms with Gasteiger partial charge in [-0.1, -0.05) is 6.07 Å². The van der Waals surface area contributed by atoms with Crippen LogP contribution < -0.4 is 15.7 Å². The second-order valence-electron chi connectivity index (χ2n) is 4.62. The number of rotatable bonds is 3. The molecule has 22 heavy (non-hydrogen) atoms. The number of benzene rings is 1. The SMILES string of the molecule is Cc1ccc(NC(=O)O)cc1Oc1ccnc2[nH]c(=O)[nH]c12. The number of hydrogen-bond acceptors (Lipinski definition) is 4. The van der Waals surface area contributed by atoms with Gasteiger partial charge in [0.05, 0.1) is 0 Å². The van der Waals surface area contributed by atoms with Crippen LogP contribution in [0.25, 0.3) is 11.2 Å². The number of amides is 1. The van der Waals surface area contributed by atoms with Gasteiger partial charge in [-0.15, -0.1) is 0 Å². The van der Waals surface area contributed by atoms with Crippen molar-refractivity contribution < 1.29 is 14.6 Å². The molecular formula is C14H12N4O4. The van der Waals surface area contributed by atoms with Gasteiger partial charge in [0.15, 0.2) is 11.4 Å². The lowest BCUT2D eigenvalue weighted by molar-refractivity contribution is 0.209. The number of hydrogen-bond donors (Lipinski definition) is 4. The first-order chi connectivity index (χ1) is 10.5. The Labute approximate surface area is 123 Å². The highest BCUT2D eigenvalue weighted by Gasteiger charge is 2.10. The molecule has 1 aromatic carbocycles. The fraction of sp³-hybridized carbons (Fsp3) is 0.0714. The predicted molar refractivity (Wildman–Crippen MR) is 79.6 cm³/mol. The average molecular weight is 300 g/mol.